The number of aromatic nitrogens is 6. The SMILES string of the molecule is CNc1cc(F)cc2c1[nH]c1nc(Oc3cnc4ccnn4c3)nc(N3C[C@H](N)C4(CC4)C3)c12. The number of hydrogen-bond acceptors (Lipinski definition) is 8. The molecule has 11 heteroatoms. The van der Waals surface area contributed by atoms with Crippen molar-refractivity contribution in [1.82, 2.24) is 29.5 Å². The lowest BCUT2D eigenvalue weighted by atomic mass is 10.0. The highest BCUT2D eigenvalue weighted by Gasteiger charge is 2.54. The summed E-state index contributed by atoms with van der Waals surface area (Å²) in [6, 6.07) is 5.01. The smallest absolute Gasteiger partial charge is 0.326 e. The second kappa shape index (κ2) is 6.76. The molecule has 5 aromatic rings. The highest BCUT2D eigenvalue weighted by molar-refractivity contribution is 6.14. The number of H-pyrrole nitrogens is 1. The van der Waals surface area contributed by atoms with Crippen LogP contribution in [0.15, 0.2) is 36.8 Å². The number of nitrogens with zero attached hydrogens (tertiary/aromatic N) is 6. The molecule has 172 valence electrons. The van der Waals surface area contributed by atoms with Gasteiger partial charge in [-0.3, -0.25) is 0 Å². The maximum absolute atomic E-state index is 14.5. The molecule has 34 heavy (non-hydrogen) atoms. The number of hydrogen-bond donors (Lipinski definition) is 3. The van der Waals surface area contributed by atoms with E-state index in [0.29, 0.717) is 40.5 Å². The van der Waals surface area contributed by atoms with Gasteiger partial charge in [0.1, 0.15) is 17.3 Å². The van der Waals surface area contributed by atoms with Crippen LogP contribution in [0.3, 0.4) is 0 Å². The van der Waals surface area contributed by atoms with Crippen molar-refractivity contribution >= 4 is 39.1 Å². The summed E-state index contributed by atoms with van der Waals surface area (Å²) in [4.78, 5) is 19.3. The number of ether oxygens (including phenoxy) is 1. The van der Waals surface area contributed by atoms with Crippen molar-refractivity contribution in [3.8, 4) is 11.8 Å². The lowest BCUT2D eigenvalue weighted by molar-refractivity contribution is 0.438. The zero-order valence-corrected chi connectivity index (χ0v) is 18.4. The fraction of sp³-hybridized carbons (Fsp3) is 0.304. The zero-order valence-electron chi connectivity index (χ0n) is 18.4. The second-order valence-corrected chi connectivity index (χ2v) is 9.18. The Labute approximate surface area is 192 Å². The van der Waals surface area contributed by atoms with Gasteiger partial charge in [-0.15, -0.1) is 0 Å². The molecule has 1 atom stereocenters. The number of halogens is 1. The van der Waals surface area contributed by atoms with Crippen molar-refractivity contribution in [2.24, 2.45) is 11.1 Å². The molecule has 4 N–H and O–H groups in total. The summed E-state index contributed by atoms with van der Waals surface area (Å²) in [5, 5.41) is 8.73. The summed E-state index contributed by atoms with van der Waals surface area (Å²) in [6.45, 7) is 1.48. The van der Waals surface area contributed by atoms with Gasteiger partial charge in [-0.1, -0.05) is 0 Å². The van der Waals surface area contributed by atoms with E-state index in [1.807, 2.05) is 0 Å². The van der Waals surface area contributed by atoms with E-state index in [0.717, 1.165) is 30.3 Å². The van der Waals surface area contributed by atoms with Crippen molar-refractivity contribution in [2.45, 2.75) is 18.9 Å². The van der Waals surface area contributed by atoms with Gasteiger partial charge >= 0.3 is 6.01 Å². The Morgan fingerprint density at radius 3 is 2.97 bits per heavy atom. The Morgan fingerprint density at radius 1 is 1.29 bits per heavy atom. The minimum absolute atomic E-state index is 0.0723. The van der Waals surface area contributed by atoms with Gasteiger partial charge in [-0.05, 0) is 25.0 Å². The third-order valence-electron chi connectivity index (χ3n) is 7.09. The lowest BCUT2D eigenvalue weighted by Gasteiger charge is -2.19. The van der Waals surface area contributed by atoms with Gasteiger partial charge in [-0.2, -0.15) is 15.1 Å². The summed E-state index contributed by atoms with van der Waals surface area (Å²) < 4.78 is 22.1. The first-order chi connectivity index (χ1) is 16.5. The van der Waals surface area contributed by atoms with E-state index in [9.17, 15) is 4.39 Å². The average molecular weight is 459 g/mol. The van der Waals surface area contributed by atoms with Crippen LogP contribution in [0.4, 0.5) is 15.9 Å². The first-order valence-electron chi connectivity index (χ1n) is 11.2. The minimum atomic E-state index is -0.334. The van der Waals surface area contributed by atoms with Crippen LogP contribution in [0.2, 0.25) is 0 Å². The molecular weight excluding hydrogens is 437 g/mol. The number of anilines is 2. The molecule has 2 aliphatic rings. The molecule has 1 aromatic carbocycles. The van der Waals surface area contributed by atoms with Gasteiger partial charge in [0.25, 0.3) is 0 Å². The van der Waals surface area contributed by atoms with Crippen molar-refractivity contribution < 1.29 is 9.13 Å². The zero-order chi connectivity index (χ0) is 23.0. The Hall–Kier alpha value is -3.99. The van der Waals surface area contributed by atoms with Gasteiger partial charge in [0.05, 0.1) is 35.2 Å². The fourth-order valence-electron chi connectivity index (χ4n) is 5.09. The lowest BCUT2D eigenvalue weighted by Crippen LogP contribution is -2.30. The van der Waals surface area contributed by atoms with E-state index in [-0.39, 0.29) is 23.3 Å². The molecule has 0 radical (unpaired) electrons. The van der Waals surface area contributed by atoms with Crippen molar-refractivity contribution in [3.63, 3.8) is 0 Å². The molecule has 0 amide bonds. The highest BCUT2D eigenvalue weighted by Crippen LogP contribution is 2.53. The molecule has 10 nitrogen and oxygen atoms in total. The maximum Gasteiger partial charge on any atom is 0.326 e. The van der Waals surface area contributed by atoms with Gasteiger partial charge in [0, 0.05) is 43.0 Å². The van der Waals surface area contributed by atoms with Crippen LogP contribution in [-0.4, -0.2) is 55.7 Å². The Balaban J connectivity index is 1.41. The fourth-order valence-corrected chi connectivity index (χ4v) is 5.09. The third kappa shape index (κ3) is 2.83. The van der Waals surface area contributed by atoms with Crippen LogP contribution in [0, 0.1) is 11.2 Å². The van der Waals surface area contributed by atoms with Crippen molar-refractivity contribution in [2.75, 3.05) is 30.4 Å². The molecule has 7 rings (SSSR count). The molecule has 1 spiro atoms. The van der Waals surface area contributed by atoms with Gasteiger partial charge in [0.2, 0.25) is 0 Å². The van der Waals surface area contributed by atoms with Gasteiger partial charge in [-0.25, -0.2) is 13.9 Å². The summed E-state index contributed by atoms with van der Waals surface area (Å²) in [7, 11) is 1.76. The van der Waals surface area contributed by atoms with Gasteiger partial charge < -0.3 is 25.7 Å². The van der Waals surface area contributed by atoms with Crippen LogP contribution >= 0.6 is 0 Å². The quantitative estimate of drug-likeness (QED) is 0.375. The van der Waals surface area contributed by atoms with E-state index >= 15 is 0 Å². The topological polar surface area (TPSA) is 122 Å². The molecular formula is C23H22FN9O. The Kier molecular flexibility index (Phi) is 3.87. The molecule has 1 saturated heterocycles. The summed E-state index contributed by atoms with van der Waals surface area (Å²) >= 11 is 0. The summed E-state index contributed by atoms with van der Waals surface area (Å²) in [5.41, 5.74) is 9.32. The van der Waals surface area contributed by atoms with Crippen LogP contribution in [0.5, 0.6) is 11.8 Å². The van der Waals surface area contributed by atoms with E-state index in [4.69, 9.17) is 15.5 Å². The normalized spacial score (nSPS) is 19.0. The Morgan fingerprint density at radius 2 is 2.18 bits per heavy atom. The van der Waals surface area contributed by atoms with Crippen LogP contribution < -0.4 is 20.7 Å². The highest BCUT2D eigenvalue weighted by atomic mass is 19.1. The van der Waals surface area contributed by atoms with Crippen LogP contribution in [0.25, 0.3) is 27.6 Å². The number of nitrogens with two attached hydrogens (primary N) is 1. The van der Waals surface area contributed by atoms with Crippen molar-refractivity contribution in [1.29, 1.82) is 0 Å². The first kappa shape index (κ1) is 19.5. The molecule has 0 unspecified atom stereocenters. The first-order valence-corrected chi connectivity index (χ1v) is 11.2. The van der Waals surface area contributed by atoms with E-state index in [1.165, 1.54) is 12.1 Å². The number of fused-ring (bicyclic) bond motifs is 4. The second-order valence-electron chi connectivity index (χ2n) is 9.18. The predicted octanol–water partition coefficient (Wildman–Crippen LogP) is 3.05. The third-order valence-corrected chi connectivity index (χ3v) is 7.09. The summed E-state index contributed by atoms with van der Waals surface area (Å²) in [5.74, 6) is 0.807. The van der Waals surface area contributed by atoms with E-state index in [2.05, 4.69) is 30.3 Å². The molecule has 1 saturated carbocycles. The molecule has 1 aliphatic heterocycles. The monoisotopic (exact) mass is 459 g/mol. The number of aromatic amines is 1. The van der Waals surface area contributed by atoms with E-state index in [1.54, 1.807) is 36.2 Å². The largest absolute Gasteiger partial charge is 0.421 e. The molecule has 0 bridgehead atoms. The van der Waals surface area contributed by atoms with Gasteiger partial charge in [0.15, 0.2) is 11.4 Å². The predicted molar refractivity (Wildman–Crippen MR) is 126 cm³/mol. The van der Waals surface area contributed by atoms with E-state index < -0.39 is 0 Å². The van der Waals surface area contributed by atoms with Crippen LogP contribution in [-0.2, 0) is 0 Å². The molecule has 5 heterocycles. The average Bonchev–Trinajstić information content (AvgIpc) is 3.14. The number of rotatable bonds is 4. The standard InChI is InChI=1S/C23H22FN9O/c1-26-15-7-12(24)6-14-18-20(29-19(14)15)30-22(34-13-8-27-17-2-5-28-33(17)9-13)31-21(18)32-10-16(25)23(11-32)3-4-23/h2,5-9,16,26H,3-4,10-11,25H2,1H3,(H,29,30,31)/t16-/m0/s1. The summed E-state index contributed by atoms with van der Waals surface area (Å²) in [6.07, 6.45) is 7.23. The number of nitrogens with one attached hydrogen (secondary N) is 2. The van der Waals surface area contributed by atoms with Crippen LogP contribution in [0.1, 0.15) is 12.8 Å². The molecule has 1 aliphatic carbocycles. The minimum Gasteiger partial charge on any atom is -0.421 e. The number of benzene rings is 1. The van der Waals surface area contributed by atoms with Crippen molar-refractivity contribution in [3.05, 3.63) is 42.6 Å². The maximum atomic E-state index is 14.5. The molecule has 2 fully saturated rings. The molecule has 4 aromatic heterocycles. The Bertz CT molecular complexity index is 1590.